The lowest BCUT2D eigenvalue weighted by Crippen LogP contribution is -1.96. The summed E-state index contributed by atoms with van der Waals surface area (Å²) in [6, 6.07) is 13.3. The molecule has 0 heterocycles. The molecule has 0 bridgehead atoms. The van der Waals surface area contributed by atoms with Gasteiger partial charge in [-0.25, -0.2) is 22.0 Å². The highest BCUT2D eigenvalue weighted by molar-refractivity contribution is 5.88. The summed E-state index contributed by atoms with van der Waals surface area (Å²) in [7, 11) is 0. The van der Waals surface area contributed by atoms with E-state index in [9.17, 15) is 22.0 Å². The summed E-state index contributed by atoms with van der Waals surface area (Å²) >= 11 is 0. The minimum Gasteiger partial charge on any atom is -0.206 e. The number of halogens is 5. The molecule has 0 aliphatic rings. The maximum atomic E-state index is 14.8. The summed E-state index contributed by atoms with van der Waals surface area (Å²) in [4.78, 5) is 0. The normalized spacial score (nSPS) is 11.3. The third-order valence-electron chi connectivity index (χ3n) is 5.09. The van der Waals surface area contributed by atoms with Crippen LogP contribution in [0.4, 0.5) is 22.0 Å². The lowest BCUT2D eigenvalue weighted by atomic mass is 9.96. The van der Waals surface area contributed by atoms with Crippen molar-refractivity contribution in [1.82, 2.24) is 0 Å². The van der Waals surface area contributed by atoms with Crippen LogP contribution in [0.1, 0.15) is 18.9 Å². The predicted molar refractivity (Wildman–Crippen MR) is 109 cm³/mol. The van der Waals surface area contributed by atoms with Gasteiger partial charge in [-0.1, -0.05) is 37.6 Å². The zero-order chi connectivity index (χ0) is 21.4. The van der Waals surface area contributed by atoms with Crippen molar-refractivity contribution in [2.24, 2.45) is 0 Å². The molecule has 152 valence electrons. The van der Waals surface area contributed by atoms with Crippen molar-refractivity contribution in [3.05, 3.63) is 95.3 Å². The van der Waals surface area contributed by atoms with Gasteiger partial charge in [-0.05, 0) is 70.3 Å². The number of hydrogen-bond donors (Lipinski definition) is 0. The molecule has 5 heteroatoms. The maximum Gasteiger partial charge on any atom is 0.159 e. The predicted octanol–water partition coefficient (Wildman–Crippen LogP) is 7.82. The van der Waals surface area contributed by atoms with E-state index in [1.165, 1.54) is 30.3 Å². The van der Waals surface area contributed by atoms with Crippen LogP contribution in [0.3, 0.4) is 0 Å². The SMILES string of the molecule is CCCc1cc(F)c(-c2ccc(-c3ccc4cc(F)c(F)cc4c3)c(F)c2)c(F)c1. The number of rotatable bonds is 4. The van der Waals surface area contributed by atoms with Gasteiger partial charge < -0.3 is 0 Å². The van der Waals surface area contributed by atoms with Crippen molar-refractivity contribution in [3.8, 4) is 22.3 Å². The Kier molecular flexibility index (Phi) is 5.29. The molecule has 4 rings (SSSR count). The third-order valence-corrected chi connectivity index (χ3v) is 5.09. The molecule has 30 heavy (non-hydrogen) atoms. The molecule has 0 N–H and O–H groups in total. The Morgan fingerprint density at radius 3 is 1.83 bits per heavy atom. The molecule has 0 unspecified atom stereocenters. The number of fused-ring (bicyclic) bond motifs is 1. The summed E-state index contributed by atoms with van der Waals surface area (Å²) in [6.45, 7) is 1.91. The molecular weight excluding hydrogens is 395 g/mol. The fraction of sp³-hybridized carbons (Fsp3) is 0.120. The van der Waals surface area contributed by atoms with Gasteiger partial charge >= 0.3 is 0 Å². The van der Waals surface area contributed by atoms with Crippen molar-refractivity contribution in [2.75, 3.05) is 0 Å². The summed E-state index contributed by atoms with van der Waals surface area (Å²) in [6.07, 6.45) is 1.30. The van der Waals surface area contributed by atoms with Crippen LogP contribution in [0.5, 0.6) is 0 Å². The van der Waals surface area contributed by atoms with Crippen molar-refractivity contribution in [3.63, 3.8) is 0 Å². The fourth-order valence-electron chi connectivity index (χ4n) is 3.65. The Labute approximate surface area is 170 Å². The Morgan fingerprint density at radius 2 is 1.20 bits per heavy atom. The van der Waals surface area contributed by atoms with Crippen LogP contribution < -0.4 is 0 Å². The van der Waals surface area contributed by atoms with Crippen molar-refractivity contribution < 1.29 is 22.0 Å². The first-order valence-electron chi connectivity index (χ1n) is 9.54. The van der Waals surface area contributed by atoms with Crippen LogP contribution in [-0.2, 0) is 6.42 Å². The van der Waals surface area contributed by atoms with Crippen LogP contribution in [0.2, 0.25) is 0 Å². The summed E-state index contributed by atoms with van der Waals surface area (Å²) in [5, 5.41) is 0.893. The molecular formula is C25H17F5. The van der Waals surface area contributed by atoms with Crippen LogP contribution in [0.15, 0.2) is 60.7 Å². The van der Waals surface area contributed by atoms with Gasteiger partial charge in [0.1, 0.15) is 17.5 Å². The van der Waals surface area contributed by atoms with Crippen LogP contribution >= 0.6 is 0 Å². The van der Waals surface area contributed by atoms with Gasteiger partial charge in [0, 0.05) is 5.56 Å². The minimum absolute atomic E-state index is 0.0863. The molecule has 0 saturated heterocycles. The van der Waals surface area contributed by atoms with Crippen molar-refractivity contribution >= 4 is 10.8 Å². The summed E-state index contributed by atoms with van der Waals surface area (Å²) in [5.41, 5.74) is 0.985. The van der Waals surface area contributed by atoms with Gasteiger partial charge in [-0.15, -0.1) is 0 Å². The van der Waals surface area contributed by atoms with E-state index in [1.807, 2.05) is 6.92 Å². The molecule has 4 aromatic rings. The first-order chi connectivity index (χ1) is 14.4. The Bertz CT molecular complexity index is 1240. The van der Waals surface area contributed by atoms with Gasteiger partial charge in [0.05, 0.1) is 5.56 Å². The quantitative estimate of drug-likeness (QED) is 0.300. The van der Waals surface area contributed by atoms with E-state index >= 15 is 0 Å². The molecule has 0 aliphatic carbocycles. The van der Waals surface area contributed by atoms with E-state index in [4.69, 9.17) is 0 Å². The van der Waals surface area contributed by atoms with Crippen LogP contribution in [-0.4, -0.2) is 0 Å². The van der Waals surface area contributed by atoms with E-state index in [1.54, 1.807) is 12.1 Å². The first kappa shape index (κ1) is 20.1. The van der Waals surface area contributed by atoms with Gasteiger partial charge in [-0.2, -0.15) is 0 Å². The molecule has 0 fully saturated rings. The lowest BCUT2D eigenvalue weighted by molar-refractivity contribution is 0.511. The summed E-state index contributed by atoms with van der Waals surface area (Å²) < 4.78 is 70.7. The molecule has 0 amide bonds. The molecule has 0 spiro atoms. The lowest BCUT2D eigenvalue weighted by Gasteiger charge is -2.11. The van der Waals surface area contributed by atoms with Crippen molar-refractivity contribution in [2.45, 2.75) is 19.8 Å². The topological polar surface area (TPSA) is 0 Å². The first-order valence-corrected chi connectivity index (χ1v) is 9.54. The summed E-state index contributed by atoms with van der Waals surface area (Å²) in [5.74, 6) is -4.11. The minimum atomic E-state index is -0.993. The third kappa shape index (κ3) is 3.67. The number of benzene rings is 4. The molecule has 0 nitrogen and oxygen atoms in total. The largest absolute Gasteiger partial charge is 0.206 e. The van der Waals surface area contributed by atoms with Crippen LogP contribution in [0.25, 0.3) is 33.0 Å². The zero-order valence-electron chi connectivity index (χ0n) is 16.1. The highest BCUT2D eigenvalue weighted by Gasteiger charge is 2.16. The average Bonchev–Trinajstić information content (AvgIpc) is 2.68. The Balaban J connectivity index is 1.76. The average molecular weight is 412 g/mol. The molecule has 0 radical (unpaired) electrons. The van der Waals surface area contributed by atoms with Gasteiger partial charge in [0.25, 0.3) is 0 Å². The van der Waals surface area contributed by atoms with Crippen molar-refractivity contribution in [1.29, 1.82) is 0 Å². The fourth-order valence-corrected chi connectivity index (χ4v) is 3.65. The molecule has 0 atom stereocenters. The van der Waals surface area contributed by atoms with Gasteiger partial charge in [0.15, 0.2) is 11.6 Å². The van der Waals surface area contributed by atoms with E-state index in [0.29, 0.717) is 28.3 Å². The zero-order valence-corrected chi connectivity index (χ0v) is 16.1. The van der Waals surface area contributed by atoms with Gasteiger partial charge in [0.2, 0.25) is 0 Å². The van der Waals surface area contributed by atoms with E-state index < -0.39 is 29.1 Å². The smallest absolute Gasteiger partial charge is 0.159 e. The molecule has 4 aromatic carbocycles. The Hall–Kier alpha value is -3.21. The van der Waals surface area contributed by atoms with E-state index in [0.717, 1.165) is 24.6 Å². The van der Waals surface area contributed by atoms with E-state index in [2.05, 4.69) is 0 Å². The standard InChI is InChI=1S/C25H17F5/c1-2-3-14-8-23(29)25(24(30)9-14)17-6-7-19(20(26)12-17)16-5-4-15-11-21(27)22(28)13-18(15)10-16/h4-13H,2-3H2,1H3. The van der Waals surface area contributed by atoms with Crippen LogP contribution in [0, 0.1) is 29.1 Å². The number of aryl methyl sites for hydroxylation is 1. The monoisotopic (exact) mass is 412 g/mol. The maximum absolute atomic E-state index is 14.8. The molecule has 0 aliphatic heterocycles. The highest BCUT2D eigenvalue weighted by Crippen LogP contribution is 2.33. The second-order valence-electron chi connectivity index (χ2n) is 7.21. The second kappa shape index (κ2) is 7.90. The molecule has 0 aromatic heterocycles. The van der Waals surface area contributed by atoms with E-state index in [-0.39, 0.29) is 16.7 Å². The Morgan fingerprint density at radius 1 is 0.567 bits per heavy atom. The second-order valence-corrected chi connectivity index (χ2v) is 7.21. The van der Waals surface area contributed by atoms with Gasteiger partial charge in [-0.3, -0.25) is 0 Å². The highest BCUT2D eigenvalue weighted by atomic mass is 19.2. The molecule has 0 saturated carbocycles. The number of hydrogen-bond acceptors (Lipinski definition) is 0.